The van der Waals surface area contributed by atoms with Crippen LogP contribution in [-0.4, -0.2) is 51.6 Å². The number of nitrogens with zero attached hydrogens (tertiary/aromatic N) is 1. The lowest BCUT2D eigenvalue weighted by molar-refractivity contribution is -0.147. The van der Waals surface area contributed by atoms with Crippen molar-refractivity contribution in [2.75, 3.05) is 0 Å². The molecule has 200 valence electrons. The number of carbonyl (C=O) groups is 3. The number of phenolic OH excluding ortho intramolecular Hbond substituents is 1. The van der Waals surface area contributed by atoms with Gasteiger partial charge in [0.05, 0.1) is 0 Å². The van der Waals surface area contributed by atoms with Gasteiger partial charge in [-0.05, 0) is 77.1 Å². The number of nitrogens with one attached hydrogen (secondary N) is 2. The highest BCUT2D eigenvalue weighted by Crippen LogP contribution is 2.34. The van der Waals surface area contributed by atoms with Gasteiger partial charge in [0.15, 0.2) is 0 Å². The summed E-state index contributed by atoms with van der Waals surface area (Å²) in [5, 5.41) is 15.6. The number of alkyl carbamates (subject to hydrolysis) is 1. The molecule has 0 spiro atoms. The first-order valence-corrected chi connectivity index (χ1v) is 12.9. The van der Waals surface area contributed by atoms with E-state index in [0.29, 0.717) is 5.56 Å². The second-order valence-corrected chi connectivity index (χ2v) is 10.9. The molecule has 1 aliphatic rings. The number of carbonyl (C=O) groups excluding carboxylic acids is 3. The van der Waals surface area contributed by atoms with Crippen molar-refractivity contribution in [1.82, 2.24) is 15.5 Å². The van der Waals surface area contributed by atoms with Gasteiger partial charge in [0.25, 0.3) is 0 Å². The van der Waals surface area contributed by atoms with Gasteiger partial charge in [-0.2, -0.15) is 0 Å². The summed E-state index contributed by atoms with van der Waals surface area (Å²) in [4.78, 5) is 42.2. The number of hydrogen-bond acceptors (Lipinski definition) is 5. The number of aromatic hydroxyl groups is 1. The van der Waals surface area contributed by atoms with Crippen LogP contribution in [0.25, 0.3) is 0 Å². The molecule has 2 aromatic carbocycles. The molecule has 3 rings (SSSR count). The van der Waals surface area contributed by atoms with E-state index < -0.39 is 23.8 Å². The zero-order valence-electron chi connectivity index (χ0n) is 22.4. The molecule has 2 atom stereocenters. The fourth-order valence-electron chi connectivity index (χ4n) is 4.32. The van der Waals surface area contributed by atoms with Crippen LogP contribution in [-0.2, 0) is 20.7 Å². The minimum absolute atomic E-state index is 0.0711. The van der Waals surface area contributed by atoms with Crippen LogP contribution < -0.4 is 10.6 Å². The summed E-state index contributed by atoms with van der Waals surface area (Å²) in [6, 6.07) is 13.6. The first kappa shape index (κ1) is 28.0. The molecule has 0 aromatic heterocycles. The van der Waals surface area contributed by atoms with Crippen molar-refractivity contribution in [1.29, 1.82) is 0 Å². The topological polar surface area (TPSA) is 108 Å². The molecule has 3 amide bonds. The number of ether oxygens (including phenoxy) is 1. The van der Waals surface area contributed by atoms with Gasteiger partial charge < -0.3 is 25.4 Å². The fourth-order valence-corrected chi connectivity index (χ4v) is 4.32. The van der Waals surface area contributed by atoms with Crippen molar-refractivity contribution < 1.29 is 24.2 Å². The Labute approximate surface area is 219 Å². The largest absolute Gasteiger partial charge is 0.508 e. The molecule has 0 radical (unpaired) electrons. The molecule has 8 nitrogen and oxygen atoms in total. The Hall–Kier alpha value is -3.55. The molecule has 0 saturated heterocycles. The van der Waals surface area contributed by atoms with Crippen molar-refractivity contribution in [3.05, 3.63) is 65.7 Å². The van der Waals surface area contributed by atoms with Crippen molar-refractivity contribution in [3.63, 3.8) is 0 Å². The molecular formula is C29H39N3O5. The maximum Gasteiger partial charge on any atom is 0.408 e. The average molecular weight is 510 g/mol. The van der Waals surface area contributed by atoms with E-state index >= 15 is 0 Å². The van der Waals surface area contributed by atoms with E-state index in [2.05, 4.69) is 10.6 Å². The van der Waals surface area contributed by atoms with E-state index in [9.17, 15) is 19.5 Å². The first-order valence-electron chi connectivity index (χ1n) is 12.9. The van der Waals surface area contributed by atoms with Crippen LogP contribution in [0, 0.1) is 0 Å². The van der Waals surface area contributed by atoms with Crippen LogP contribution in [0.3, 0.4) is 0 Å². The van der Waals surface area contributed by atoms with Crippen LogP contribution >= 0.6 is 0 Å². The highest BCUT2D eigenvalue weighted by molar-refractivity contribution is 5.92. The molecule has 0 aliphatic heterocycles. The van der Waals surface area contributed by atoms with Gasteiger partial charge in [0.2, 0.25) is 11.8 Å². The van der Waals surface area contributed by atoms with Gasteiger partial charge in [-0.3, -0.25) is 9.59 Å². The predicted octanol–water partition coefficient (Wildman–Crippen LogP) is 4.48. The van der Waals surface area contributed by atoms with E-state index in [0.717, 1.165) is 24.8 Å². The minimum Gasteiger partial charge on any atom is -0.508 e. The monoisotopic (exact) mass is 509 g/mol. The zero-order valence-corrected chi connectivity index (χ0v) is 22.4. The summed E-state index contributed by atoms with van der Waals surface area (Å²) in [7, 11) is 0. The lowest BCUT2D eigenvalue weighted by Gasteiger charge is -2.43. The molecule has 3 N–H and O–H groups in total. The normalized spacial score (nSPS) is 15.3. The Kier molecular flexibility index (Phi) is 9.18. The minimum atomic E-state index is -0.940. The predicted molar refractivity (Wildman–Crippen MR) is 142 cm³/mol. The SMILES string of the molecule is CC(C)NC(=O)C(c1ccc(O)cc1)N(C(=O)C(Cc1ccccc1)NC(=O)OC(C)(C)C)C1CCC1. The Morgan fingerprint density at radius 1 is 1.00 bits per heavy atom. The molecule has 1 aliphatic carbocycles. The number of benzene rings is 2. The summed E-state index contributed by atoms with van der Waals surface area (Å²) < 4.78 is 5.47. The second kappa shape index (κ2) is 12.1. The van der Waals surface area contributed by atoms with Gasteiger partial charge >= 0.3 is 6.09 Å². The summed E-state index contributed by atoms with van der Waals surface area (Å²) in [5.74, 6) is -0.588. The van der Waals surface area contributed by atoms with E-state index in [-0.39, 0.29) is 36.1 Å². The third-order valence-corrected chi connectivity index (χ3v) is 6.16. The molecule has 0 bridgehead atoms. The lowest BCUT2D eigenvalue weighted by Crippen LogP contribution is -2.58. The first-order chi connectivity index (χ1) is 17.4. The molecule has 1 fully saturated rings. The zero-order chi connectivity index (χ0) is 27.2. The number of rotatable bonds is 9. The van der Waals surface area contributed by atoms with E-state index in [4.69, 9.17) is 4.74 Å². The van der Waals surface area contributed by atoms with Crippen LogP contribution in [0.1, 0.15) is 71.0 Å². The maximum absolute atomic E-state index is 14.3. The van der Waals surface area contributed by atoms with Crippen molar-refractivity contribution in [2.45, 2.75) is 90.1 Å². The standard InChI is InChI=1S/C29H39N3O5/c1-19(2)30-26(34)25(21-14-16-23(33)17-15-21)32(22-12-9-13-22)27(35)24(18-20-10-7-6-8-11-20)31-28(36)37-29(3,4)5/h6-8,10-11,14-17,19,22,24-25,33H,9,12-13,18H2,1-5H3,(H,30,34)(H,31,36). The lowest BCUT2D eigenvalue weighted by atomic mass is 9.87. The van der Waals surface area contributed by atoms with E-state index in [1.807, 2.05) is 44.2 Å². The summed E-state index contributed by atoms with van der Waals surface area (Å²) in [6.07, 6.45) is 2.03. The van der Waals surface area contributed by atoms with Crippen LogP contribution in [0.2, 0.25) is 0 Å². The number of hydrogen-bond donors (Lipinski definition) is 3. The molecule has 2 unspecified atom stereocenters. The van der Waals surface area contributed by atoms with Crippen LogP contribution in [0.4, 0.5) is 4.79 Å². The molecule has 0 heterocycles. The Bertz CT molecular complexity index is 1060. The third-order valence-electron chi connectivity index (χ3n) is 6.16. The average Bonchev–Trinajstić information content (AvgIpc) is 2.76. The van der Waals surface area contributed by atoms with E-state index in [1.54, 1.807) is 37.8 Å². The highest BCUT2D eigenvalue weighted by Gasteiger charge is 2.42. The fraction of sp³-hybridized carbons (Fsp3) is 0.483. The van der Waals surface area contributed by atoms with Crippen LogP contribution in [0.15, 0.2) is 54.6 Å². The summed E-state index contributed by atoms with van der Waals surface area (Å²) >= 11 is 0. The number of amides is 3. The van der Waals surface area contributed by atoms with E-state index in [1.165, 1.54) is 12.1 Å². The molecular weight excluding hydrogens is 470 g/mol. The maximum atomic E-state index is 14.3. The molecule has 1 saturated carbocycles. The Morgan fingerprint density at radius 2 is 1.62 bits per heavy atom. The molecule has 8 heteroatoms. The summed E-state index contributed by atoms with van der Waals surface area (Å²) in [6.45, 7) is 9.02. The quantitative estimate of drug-likeness (QED) is 0.462. The molecule has 37 heavy (non-hydrogen) atoms. The van der Waals surface area contributed by atoms with Crippen LogP contribution in [0.5, 0.6) is 5.75 Å². The summed E-state index contributed by atoms with van der Waals surface area (Å²) in [5.41, 5.74) is 0.731. The Morgan fingerprint density at radius 3 is 2.14 bits per heavy atom. The van der Waals surface area contributed by atoms with Gasteiger partial charge in [-0.25, -0.2) is 4.79 Å². The smallest absolute Gasteiger partial charge is 0.408 e. The Balaban J connectivity index is 2.02. The second-order valence-electron chi connectivity index (χ2n) is 10.9. The number of phenols is 1. The molecule has 2 aromatic rings. The van der Waals surface area contributed by atoms with Crippen molar-refractivity contribution in [3.8, 4) is 5.75 Å². The van der Waals surface area contributed by atoms with Gasteiger partial charge in [0.1, 0.15) is 23.4 Å². The van der Waals surface area contributed by atoms with Gasteiger partial charge in [-0.1, -0.05) is 42.5 Å². The van der Waals surface area contributed by atoms with Crippen molar-refractivity contribution >= 4 is 17.9 Å². The van der Waals surface area contributed by atoms with Gasteiger partial charge in [-0.15, -0.1) is 0 Å². The van der Waals surface area contributed by atoms with Crippen molar-refractivity contribution in [2.24, 2.45) is 0 Å². The van der Waals surface area contributed by atoms with Gasteiger partial charge in [0, 0.05) is 18.5 Å². The highest BCUT2D eigenvalue weighted by atomic mass is 16.6. The third kappa shape index (κ3) is 7.97.